The summed E-state index contributed by atoms with van der Waals surface area (Å²) in [6.07, 6.45) is -2.96. The fourth-order valence-electron chi connectivity index (χ4n) is 1.36. The van der Waals surface area contributed by atoms with Crippen molar-refractivity contribution in [3.8, 4) is 0 Å². The second-order valence-corrected chi connectivity index (χ2v) is 3.57. The summed E-state index contributed by atoms with van der Waals surface area (Å²) in [7, 11) is 0. The van der Waals surface area contributed by atoms with E-state index in [9.17, 15) is 24.3 Å². The summed E-state index contributed by atoms with van der Waals surface area (Å²) in [6, 6.07) is -2.05. The first-order valence-electron chi connectivity index (χ1n) is 4.98. The van der Waals surface area contributed by atoms with Gasteiger partial charge in [0.25, 0.3) is 0 Å². The first-order valence-corrected chi connectivity index (χ1v) is 4.98. The molecular weight excluding hydrogens is 266 g/mol. The summed E-state index contributed by atoms with van der Waals surface area (Å²) < 4.78 is 0. The summed E-state index contributed by atoms with van der Waals surface area (Å²) in [5, 5.41) is 43.7. The predicted octanol–water partition coefficient (Wildman–Crippen LogP) is -2.25. The van der Waals surface area contributed by atoms with E-state index < -0.39 is 55.5 Å². The summed E-state index contributed by atoms with van der Waals surface area (Å²) in [5.74, 6) is -6.40. The number of aliphatic hydroxyl groups excluding tert-OH is 1. The van der Waals surface area contributed by atoms with Crippen LogP contribution in [0.3, 0.4) is 0 Å². The van der Waals surface area contributed by atoms with Gasteiger partial charge in [0.1, 0.15) is 6.04 Å². The largest absolute Gasteiger partial charge is 0.481 e. The highest BCUT2D eigenvalue weighted by Crippen LogP contribution is 2.08. The molecule has 0 aliphatic heterocycles. The fraction of sp³-hybridized carbons (Fsp3) is 0.556. The minimum atomic E-state index is -2.37. The molecule has 0 rings (SSSR count). The minimum Gasteiger partial charge on any atom is -0.481 e. The van der Waals surface area contributed by atoms with Crippen LogP contribution in [0.4, 0.5) is 0 Å². The second kappa shape index (κ2) is 7.28. The molecule has 108 valence electrons. The Morgan fingerprint density at radius 3 is 1.74 bits per heavy atom. The summed E-state index contributed by atoms with van der Waals surface area (Å²) in [4.78, 5) is 43.0. The monoisotopic (exact) mass is 279 g/mol. The molecule has 5 N–H and O–H groups in total. The van der Waals surface area contributed by atoms with Gasteiger partial charge in [0, 0.05) is 6.54 Å². The van der Waals surface area contributed by atoms with Crippen LogP contribution < -0.4 is 0 Å². The highest BCUT2D eigenvalue weighted by Gasteiger charge is 2.38. The molecular formula is C9H13NO9. The average molecular weight is 279 g/mol. The zero-order valence-electron chi connectivity index (χ0n) is 9.59. The van der Waals surface area contributed by atoms with Gasteiger partial charge in [-0.2, -0.15) is 0 Å². The molecule has 0 aliphatic carbocycles. The highest BCUT2D eigenvalue weighted by atomic mass is 16.4. The molecule has 2 atom stereocenters. The third-order valence-corrected chi connectivity index (χ3v) is 2.15. The van der Waals surface area contributed by atoms with Crippen molar-refractivity contribution in [2.75, 3.05) is 13.1 Å². The zero-order valence-corrected chi connectivity index (χ0v) is 9.59. The van der Waals surface area contributed by atoms with E-state index in [0.717, 1.165) is 0 Å². The second-order valence-electron chi connectivity index (χ2n) is 3.57. The summed E-state index contributed by atoms with van der Waals surface area (Å²) >= 11 is 0. The van der Waals surface area contributed by atoms with Crippen LogP contribution in [0.15, 0.2) is 0 Å². The Kier molecular flexibility index (Phi) is 6.44. The van der Waals surface area contributed by atoms with E-state index in [1.165, 1.54) is 0 Å². The van der Waals surface area contributed by atoms with Gasteiger partial charge in [0.15, 0.2) is 6.10 Å². The SMILES string of the molecule is O=C(O)CCN(CC(=O)O)C(C(=O)O)C(O)C(=O)O. The molecule has 0 radical (unpaired) electrons. The van der Waals surface area contributed by atoms with Crippen molar-refractivity contribution in [3.63, 3.8) is 0 Å². The van der Waals surface area contributed by atoms with Gasteiger partial charge >= 0.3 is 23.9 Å². The Morgan fingerprint density at radius 1 is 0.895 bits per heavy atom. The number of carboxylic acids is 4. The maximum absolute atomic E-state index is 10.9. The molecule has 0 aliphatic rings. The van der Waals surface area contributed by atoms with Crippen LogP contribution in [0.25, 0.3) is 0 Å². The van der Waals surface area contributed by atoms with Crippen molar-refractivity contribution in [2.24, 2.45) is 0 Å². The van der Waals surface area contributed by atoms with Crippen LogP contribution in [0.1, 0.15) is 6.42 Å². The third-order valence-electron chi connectivity index (χ3n) is 2.15. The van der Waals surface area contributed by atoms with Crippen LogP contribution in [-0.4, -0.2) is 79.5 Å². The Bertz CT molecular complexity index is 380. The Labute approximate surface area is 106 Å². The molecule has 0 bridgehead atoms. The van der Waals surface area contributed by atoms with Gasteiger partial charge in [-0.1, -0.05) is 0 Å². The summed E-state index contributed by atoms with van der Waals surface area (Å²) in [6.45, 7) is -1.43. The van der Waals surface area contributed by atoms with Crippen LogP contribution in [0, 0.1) is 0 Å². The van der Waals surface area contributed by atoms with E-state index in [2.05, 4.69) is 0 Å². The van der Waals surface area contributed by atoms with Gasteiger partial charge in [0.05, 0.1) is 13.0 Å². The van der Waals surface area contributed by atoms with Gasteiger partial charge in [-0.25, -0.2) is 4.79 Å². The lowest BCUT2D eigenvalue weighted by atomic mass is 10.1. The molecule has 0 fully saturated rings. The molecule has 0 aromatic carbocycles. The summed E-state index contributed by atoms with van der Waals surface area (Å²) in [5.41, 5.74) is 0. The molecule has 10 nitrogen and oxygen atoms in total. The number of hydrogen-bond donors (Lipinski definition) is 5. The molecule has 19 heavy (non-hydrogen) atoms. The van der Waals surface area contributed by atoms with E-state index >= 15 is 0 Å². The van der Waals surface area contributed by atoms with Crippen molar-refractivity contribution >= 4 is 23.9 Å². The Balaban J connectivity index is 5.11. The quantitative estimate of drug-likeness (QED) is 0.310. The molecule has 0 amide bonds. The number of aliphatic hydroxyl groups is 1. The van der Waals surface area contributed by atoms with Crippen molar-refractivity contribution in [1.29, 1.82) is 0 Å². The first-order chi connectivity index (χ1) is 8.66. The Morgan fingerprint density at radius 2 is 1.42 bits per heavy atom. The first kappa shape index (κ1) is 16.8. The number of hydrogen-bond acceptors (Lipinski definition) is 6. The molecule has 0 heterocycles. The molecule has 0 spiro atoms. The fourth-order valence-corrected chi connectivity index (χ4v) is 1.36. The molecule has 10 heteroatoms. The van der Waals surface area contributed by atoms with Crippen LogP contribution in [-0.2, 0) is 19.2 Å². The maximum Gasteiger partial charge on any atom is 0.334 e. The van der Waals surface area contributed by atoms with E-state index in [-0.39, 0.29) is 0 Å². The topological polar surface area (TPSA) is 173 Å². The van der Waals surface area contributed by atoms with Crippen LogP contribution in [0.5, 0.6) is 0 Å². The number of rotatable bonds is 9. The molecule has 0 aromatic rings. The van der Waals surface area contributed by atoms with Crippen molar-refractivity contribution < 1.29 is 44.7 Å². The number of nitrogens with zero attached hydrogens (tertiary/aromatic N) is 1. The normalized spacial score (nSPS) is 13.8. The van der Waals surface area contributed by atoms with Crippen molar-refractivity contribution in [1.82, 2.24) is 4.90 Å². The molecule has 0 aromatic heterocycles. The maximum atomic E-state index is 10.9. The molecule has 2 unspecified atom stereocenters. The van der Waals surface area contributed by atoms with Gasteiger partial charge < -0.3 is 25.5 Å². The molecule has 0 saturated carbocycles. The van der Waals surface area contributed by atoms with Crippen LogP contribution in [0.2, 0.25) is 0 Å². The van der Waals surface area contributed by atoms with Gasteiger partial charge in [-0.05, 0) is 0 Å². The van der Waals surface area contributed by atoms with E-state index in [1.54, 1.807) is 0 Å². The van der Waals surface area contributed by atoms with Gasteiger partial charge in [0.2, 0.25) is 0 Å². The lowest BCUT2D eigenvalue weighted by Crippen LogP contribution is -2.54. The van der Waals surface area contributed by atoms with Crippen molar-refractivity contribution in [3.05, 3.63) is 0 Å². The van der Waals surface area contributed by atoms with Crippen molar-refractivity contribution in [2.45, 2.75) is 18.6 Å². The van der Waals surface area contributed by atoms with E-state index in [4.69, 9.17) is 20.4 Å². The molecule has 0 saturated heterocycles. The number of carboxylic acid groups (broad SMARTS) is 4. The number of carbonyl (C=O) groups is 4. The lowest BCUT2D eigenvalue weighted by Gasteiger charge is -2.28. The third kappa shape index (κ3) is 5.79. The lowest BCUT2D eigenvalue weighted by molar-refractivity contribution is -0.163. The average Bonchev–Trinajstić information content (AvgIpc) is 2.24. The zero-order chi connectivity index (χ0) is 15.2. The van der Waals surface area contributed by atoms with E-state index in [0.29, 0.717) is 4.90 Å². The highest BCUT2D eigenvalue weighted by molar-refractivity contribution is 5.85. The standard InChI is InChI=1S/C9H13NO9/c11-4(12)1-2-10(3-5(13)14)6(8(16)17)7(15)9(18)19/h6-7,15H,1-3H2,(H,11,12)(H,13,14)(H,16,17)(H,18,19). The smallest absolute Gasteiger partial charge is 0.334 e. The Hall–Kier alpha value is -2.20. The van der Waals surface area contributed by atoms with Gasteiger partial charge in [-0.15, -0.1) is 0 Å². The number of aliphatic carboxylic acids is 4. The van der Waals surface area contributed by atoms with E-state index in [1.807, 2.05) is 0 Å². The van der Waals surface area contributed by atoms with Gasteiger partial charge in [-0.3, -0.25) is 19.3 Å². The van der Waals surface area contributed by atoms with Crippen LogP contribution >= 0.6 is 0 Å². The minimum absolute atomic E-state index is 0.525. The predicted molar refractivity (Wildman–Crippen MR) is 56.5 cm³/mol.